The van der Waals surface area contributed by atoms with E-state index in [2.05, 4.69) is 53.2 Å². The van der Waals surface area contributed by atoms with Gasteiger partial charge in [-0.3, -0.25) is 9.88 Å². The molecule has 0 unspecified atom stereocenters. The van der Waals surface area contributed by atoms with E-state index in [-0.39, 0.29) is 0 Å². The first-order valence-electron chi connectivity index (χ1n) is 12.7. The van der Waals surface area contributed by atoms with Gasteiger partial charge in [0, 0.05) is 42.2 Å². The Hall–Kier alpha value is -3.77. The highest BCUT2D eigenvalue weighted by Gasteiger charge is 2.26. The van der Waals surface area contributed by atoms with Crippen LogP contribution in [0.2, 0.25) is 0 Å². The van der Waals surface area contributed by atoms with Crippen molar-refractivity contribution in [3.63, 3.8) is 0 Å². The summed E-state index contributed by atoms with van der Waals surface area (Å²) in [7, 11) is 0. The van der Waals surface area contributed by atoms with Gasteiger partial charge >= 0.3 is 0 Å². The van der Waals surface area contributed by atoms with Gasteiger partial charge in [0.25, 0.3) is 0 Å². The second kappa shape index (κ2) is 10.1. The summed E-state index contributed by atoms with van der Waals surface area (Å²) in [6.07, 6.45) is 7.73. The normalized spacial score (nSPS) is 16.1. The van der Waals surface area contributed by atoms with Crippen molar-refractivity contribution in [2.45, 2.75) is 32.2 Å². The second-order valence-corrected chi connectivity index (χ2v) is 9.63. The number of hydrogen-bond acceptors (Lipinski definition) is 6. The lowest BCUT2D eigenvalue weighted by Gasteiger charge is -2.32. The van der Waals surface area contributed by atoms with Gasteiger partial charge < -0.3 is 9.47 Å². The molecule has 2 aliphatic rings. The van der Waals surface area contributed by atoms with E-state index in [9.17, 15) is 0 Å². The Morgan fingerprint density at radius 1 is 0.889 bits per heavy atom. The molecule has 2 aliphatic heterocycles. The third-order valence-electron chi connectivity index (χ3n) is 7.07. The van der Waals surface area contributed by atoms with E-state index in [1.807, 2.05) is 24.4 Å². The minimum absolute atomic E-state index is 0.389. The number of fused-ring (bicyclic) bond motifs is 1. The fourth-order valence-electron chi connectivity index (χ4n) is 5.19. The zero-order chi connectivity index (χ0) is 24.3. The molecular weight excluding hydrogens is 448 g/mol. The molecule has 2 aromatic carbocycles. The van der Waals surface area contributed by atoms with Crippen LogP contribution in [0.25, 0.3) is 22.5 Å². The maximum absolute atomic E-state index is 5.78. The lowest BCUT2D eigenvalue weighted by molar-refractivity contribution is 0.170. The number of piperidine rings is 1. The molecular formula is C30H30N4O2. The second-order valence-electron chi connectivity index (χ2n) is 9.63. The number of pyridine rings is 1. The summed E-state index contributed by atoms with van der Waals surface area (Å²) < 4.78 is 11.5. The Labute approximate surface area is 212 Å². The minimum Gasteiger partial charge on any atom is -0.486 e. The number of nitrogens with zero attached hydrogens (tertiary/aromatic N) is 4. The number of aryl methyl sites for hydroxylation is 1. The van der Waals surface area contributed by atoms with Crippen LogP contribution in [0.3, 0.4) is 0 Å². The molecule has 0 bridgehead atoms. The zero-order valence-corrected chi connectivity index (χ0v) is 20.6. The van der Waals surface area contributed by atoms with E-state index >= 15 is 0 Å². The van der Waals surface area contributed by atoms with Crippen LogP contribution >= 0.6 is 0 Å². The van der Waals surface area contributed by atoms with Gasteiger partial charge in [0.15, 0.2) is 17.3 Å². The van der Waals surface area contributed by atoms with E-state index in [0.29, 0.717) is 19.1 Å². The fourth-order valence-corrected chi connectivity index (χ4v) is 5.19. The molecule has 6 nitrogen and oxygen atoms in total. The summed E-state index contributed by atoms with van der Waals surface area (Å²) in [5, 5.41) is 0. The van der Waals surface area contributed by atoms with Crippen LogP contribution in [-0.4, -0.2) is 46.2 Å². The number of benzene rings is 2. The predicted molar refractivity (Wildman–Crippen MR) is 140 cm³/mol. The summed E-state index contributed by atoms with van der Waals surface area (Å²) in [5.41, 5.74) is 6.98. The Balaban J connectivity index is 1.23. The van der Waals surface area contributed by atoms with E-state index in [4.69, 9.17) is 19.4 Å². The molecule has 0 amide bonds. The van der Waals surface area contributed by atoms with E-state index in [1.54, 1.807) is 12.4 Å². The maximum atomic E-state index is 5.78. The highest BCUT2D eigenvalue weighted by atomic mass is 16.6. The summed E-state index contributed by atoms with van der Waals surface area (Å²) in [4.78, 5) is 16.6. The average Bonchev–Trinajstić information content (AvgIpc) is 2.94. The standard InChI is InChI=1S/C30H30N4O2/c1-21-3-2-4-25(17-21)26-19-32-30(24-7-11-31-12-8-24)33-29(26)23-9-13-34(14-10-23)20-22-5-6-27-28(18-22)36-16-15-35-27/h2-8,11-12,17-19,23H,9-10,13-16,20H2,1H3. The molecule has 2 aromatic heterocycles. The van der Waals surface area contributed by atoms with E-state index in [1.165, 1.54) is 16.7 Å². The van der Waals surface area contributed by atoms with Crippen LogP contribution < -0.4 is 9.47 Å². The van der Waals surface area contributed by atoms with Crippen LogP contribution in [-0.2, 0) is 6.54 Å². The first-order valence-corrected chi connectivity index (χ1v) is 12.7. The monoisotopic (exact) mass is 478 g/mol. The third-order valence-corrected chi connectivity index (χ3v) is 7.07. The number of likely N-dealkylation sites (tertiary alicyclic amines) is 1. The van der Waals surface area contributed by atoms with E-state index < -0.39 is 0 Å². The topological polar surface area (TPSA) is 60.4 Å². The smallest absolute Gasteiger partial charge is 0.161 e. The lowest BCUT2D eigenvalue weighted by Crippen LogP contribution is -2.33. The Morgan fingerprint density at radius 2 is 1.69 bits per heavy atom. The van der Waals surface area contributed by atoms with Gasteiger partial charge in [0.2, 0.25) is 0 Å². The van der Waals surface area contributed by atoms with Crippen LogP contribution in [0.5, 0.6) is 11.5 Å². The zero-order valence-electron chi connectivity index (χ0n) is 20.6. The summed E-state index contributed by atoms with van der Waals surface area (Å²) in [5.74, 6) is 2.87. The van der Waals surface area contributed by atoms with Gasteiger partial charge in [0.05, 0.1) is 5.69 Å². The summed E-state index contributed by atoms with van der Waals surface area (Å²) in [6, 6.07) is 18.9. The first-order chi connectivity index (χ1) is 17.7. The lowest BCUT2D eigenvalue weighted by atomic mass is 9.88. The molecule has 36 heavy (non-hydrogen) atoms. The van der Waals surface area contributed by atoms with Crippen LogP contribution in [0.15, 0.2) is 73.2 Å². The SMILES string of the molecule is Cc1cccc(-c2cnc(-c3ccncc3)nc2C2CCN(Cc3ccc4c(c3)OCCO4)CC2)c1. The number of ether oxygens (including phenoxy) is 2. The summed E-state index contributed by atoms with van der Waals surface area (Å²) >= 11 is 0. The molecule has 0 N–H and O–H groups in total. The first kappa shape index (κ1) is 22.7. The van der Waals surface area contributed by atoms with Crippen molar-refractivity contribution in [2.24, 2.45) is 0 Å². The highest BCUT2D eigenvalue weighted by Crippen LogP contribution is 2.36. The Kier molecular flexibility index (Phi) is 6.35. The quantitative estimate of drug-likeness (QED) is 0.369. The van der Waals surface area contributed by atoms with E-state index in [0.717, 1.165) is 66.6 Å². The van der Waals surface area contributed by atoms with Crippen molar-refractivity contribution >= 4 is 0 Å². The predicted octanol–water partition coefficient (Wildman–Crippen LogP) is 5.66. The molecule has 0 radical (unpaired) electrons. The fraction of sp³-hybridized carbons (Fsp3) is 0.300. The van der Waals surface area contributed by atoms with Crippen molar-refractivity contribution < 1.29 is 9.47 Å². The van der Waals surface area contributed by atoms with Gasteiger partial charge in [-0.1, -0.05) is 35.9 Å². The molecule has 1 fully saturated rings. The highest BCUT2D eigenvalue weighted by molar-refractivity contribution is 5.68. The molecule has 0 atom stereocenters. The molecule has 0 spiro atoms. The molecule has 182 valence electrons. The van der Waals surface area contributed by atoms with Crippen molar-refractivity contribution in [1.29, 1.82) is 0 Å². The number of aromatic nitrogens is 3. The van der Waals surface area contributed by atoms with Crippen molar-refractivity contribution in [2.75, 3.05) is 26.3 Å². The molecule has 0 aliphatic carbocycles. The molecule has 0 saturated carbocycles. The van der Waals surface area contributed by atoms with Crippen LogP contribution in [0, 0.1) is 6.92 Å². The molecule has 4 heterocycles. The Bertz CT molecular complexity index is 1350. The molecule has 6 heteroatoms. The third kappa shape index (κ3) is 4.82. The van der Waals surface area contributed by atoms with Crippen molar-refractivity contribution in [3.8, 4) is 34.0 Å². The maximum Gasteiger partial charge on any atom is 0.161 e. The summed E-state index contributed by atoms with van der Waals surface area (Å²) in [6.45, 7) is 6.34. The molecule has 1 saturated heterocycles. The number of rotatable bonds is 5. The largest absolute Gasteiger partial charge is 0.486 e. The Morgan fingerprint density at radius 3 is 2.50 bits per heavy atom. The van der Waals surface area contributed by atoms with Crippen LogP contribution in [0.1, 0.15) is 35.6 Å². The minimum atomic E-state index is 0.389. The molecule has 4 aromatic rings. The van der Waals surface area contributed by atoms with Gasteiger partial charge in [-0.05, 0) is 68.2 Å². The number of hydrogen-bond donors (Lipinski definition) is 0. The van der Waals surface area contributed by atoms with Gasteiger partial charge in [-0.2, -0.15) is 0 Å². The van der Waals surface area contributed by atoms with Gasteiger partial charge in [-0.15, -0.1) is 0 Å². The average molecular weight is 479 g/mol. The van der Waals surface area contributed by atoms with Gasteiger partial charge in [0.1, 0.15) is 13.2 Å². The van der Waals surface area contributed by atoms with Crippen molar-refractivity contribution in [3.05, 3.63) is 90.0 Å². The van der Waals surface area contributed by atoms with Crippen LogP contribution in [0.4, 0.5) is 0 Å². The van der Waals surface area contributed by atoms with Gasteiger partial charge in [-0.25, -0.2) is 9.97 Å². The molecule has 6 rings (SSSR count). The van der Waals surface area contributed by atoms with Crippen molar-refractivity contribution in [1.82, 2.24) is 19.9 Å².